The Morgan fingerprint density at radius 1 is 0.756 bits per heavy atom. The quantitative estimate of drug-likeness (QED) is 0.210. The second kappa shape index (κ2) is 14.1. The third kappa shape index (κ3) is 8.60. The Bertz CT molecular complexity index is 1730. The van der Waals surface area contributed by atoms with Gasteiger partial charge in [0.25, 0.3) is 10.0 Å². The molecule has 0 aliphatic heterocycles. The summed E-state index contributed by atoms with van der Waals surface area (Å²) in [6.45, 7) is 11.0. The molecule has 2 amide bonds. The van der Waals surface area contributed by atoms with Crippen LogP contribution in [0.1, 0.15) is 48.6 Å². The van der Waals surface area contributed by atoms with Crippen LogP contribution in [0.4, 0.5) is 5.69 Å². The molecule has 1 N–H and O–H groups in total. The van der Waals surface area contributed by atoms with Crippen molar-refractivity contribution in [2.24, 2.45) is 0 Å². The number of amides is 2. The standard InChI is InChI=1S/C37H43N3O4S/c1-27-20-22-32(23-21-27)45(43,44)40(33-19-13-11-15-29(33)3)26-35(41)39(25-31-18-12-10-14-28(31)2)34(36(42)38-37(4,5)6)24-30-16-8-7-9-17-30/h7-23,34H,24-26H2,1-6H3,(H,38,42)/t34-/m1/s1. The van der Waals surface area contributed by atoms with E-state index in [1.807, 2.05) is 108 Å². The normalized spacial score (nSPS) is 12.3. The lowest BCUT2D eigenvalue weighted by molar-refractivity contribution is -0.140. The maximum atomic E-state index is 14.6. The zero-order valence-electron chi connectivity index (χ0n) is 26.9. The molecule has 0 radical (unpaired) electrons. The van der Waals surface area contributed by atoms with Gasteiger partial charge in [0.05, 0.1) is 10.6 Å². The topological polar surface area (TPSA) is 86.8 Å². The van der Waals surface area contributed by atoms with Gasteiger partial charge in [0.15, 0.2) is 0 Å². The molecule has 4 rings (SSSR count). The van der Waals surface area contributed by atoms with Crippen molar-refractivity contribution in [3.05, 3.63) is 131 Å². The molecule has 1 atom stereocenters. The van der Waals surface area contributed by atoms with E-state index >= 15 is 0 Å². The summed E-state index contributed by atoms with van der Waals surface area (Å²) in [6, 6.07) is 30.0. The highest BCUT2D eigenvalue weighted by atomic mass is 32.2. The molecule has 0 aromatic heterocycles. The number of hydrogen-bond donors (Lipinski definition) is 1. The zero-order valence-corrected chi connectivity index (χ0v) is 27.8. The van der Waals surface area contributed by atoms with Gasteiger partial charge in [0, 0.05) is 18.5 Å². The first-order chi connectivity index (χ1) is 21.3. The monoisotopic (exact) mass is 625 g/mol. The van der Waals surface area contributed by atoms with E-state index in [0.29, 0.717) is 11.3 Å². The van der Waals surface area contributed by atoms with Crippen LogP contribution in [-0.4, -0.2) is 43.3 Å². The molecular formula is C37H43N3O4S. The van der Waals surface area contributed by atoms with Crippen LogP contribution < -0.4 is 9.62 Å². The summed E-state index contributed by atoms with van der Waals surface area (Å²) in [5.41, 5.74) is 4.21. The predicted molar refractivity (Wildman–Crippen MR) is 180 cm³/mol. The highest BCUT2D eigenvalue weighted by Crippen LogP contribution is 2.28. The van der Waals surface area contributed by atoms with Crippen molar-refractivity contribution < 1.29 is 18.0 Å². The summed E-state index contributed by atoms with van der Waals surface area (Å²) >= 11 is 0. The van der Waals surface area contributed by atoms with E-state index in [-0.39, 0.29) is 23.8 Å². The van der Waals surface area contributed by atoms with Gasteiger partial charge in [-0.25, -0.2) is 8.42 Å². The Morgan fingerprint density at radius 3 is 1.93 bits per heavy atom. The van der Waals surface area contributed by atoms with E-state index in [2.05, 4.69) is 5.32 Å². The first-order valence-electron chi connectivity index (χ1n) is 15.1. The summed E-state index contributed by atoms with van der Waals surface area (Å²) in [5, 5.41) is 3.07. The van der Waals surface area contributed by atoms with E-state index in [1.165, 1.54) is 9.21 Å². The van der Waals surface area contributed by atoms with Crippen LogP contribution in [-0.2, 0) is 32.6 Å². The number of sulfonamides is 1. The van der Waals surface area contributed by atoms with Gasteiger partial charge in [-0.1, -0.05) is 90.5 Å². The number of nitrogens with zero attached hydrogens (tertiary/aromatic N) is 2. The number of carbonyl (C=O) groups is 2. The molecule has 0 heterocycles. The SMILES string of the molecule is Cc1ccc(S(=O)(=O)N(CC(=O)N(Cc2ccccc2C)[C@H](Cc2ccccc2)C(=O)NC(C)(C)C)c2ccccc2C)cc1. The summed E-state index contributed by atoms with van der Waals surface area (Å²) in [4.78, 5) is 30.3. The van der Waals surface area contributed by atoms with Crippen LogP contribution in [0.2, 0.25) is 0 Å². The first kappa shape index (κ1) is 33.5. The van der Waals surface area contributed by atoms with Gasteiger partial charge in [0.1, 0.15) is 12.6 Å². The van der Waals surface area contributed by atoms with E-state index < -0.39 is 34.1 Å². The van der Waals surface area contributed by atoms with Crippen molar-refractivity contribution in [3.63, 3.8) is 0 Å². The van der Waals surface area contributed by atoms with E-state index in [4.69, 9.17) is 0 Å². The number of hydrogen-bond acceptors (Lipinski definition) is 4. The number of rotatable bonds is 11. The molecule has 7 nitrogen and oxygen atoms in total. The van der Waals surface area contributed by atoms with Crippen molar-refractivity contribution in [2.45, 2.75) is 71.0 Å². The van der Waals surface area contributed by atoms with Gasteiger partial charge in [0.2, 0.25) is 11.8 Å². The summed E-state index contributed by atoms with van der Waals surface area (Å²) in [6.07, 6.45) is 0.259. The molecule has 4 aromatic carbocycles. The van der Waals surface area contributed by atoms with Gasteiger partial charge < -0.3 is 10.2 Å². The number of anilines is 1. The molecule has 236 valence electrons. The molecule has 8 heteroatoms. The van der Waals surface area contributed by atoms with E-state index in [9.17, 15) is 18.0 Å². The highest BCUT2D eigenvalue weighted by Gasteiger charge is 2.36. The summed E-state index contributed by atoms with van der Waals surface area (Å²) in [7, 11) is -4.15. The summed E-state index contributed by atoms with van der Waals surface area (Å²) < 4.78 is 29.6. The van der Waals surface area contributed by atoms with Crippen molar-refractivity contribution in [3.8, 4) is 0 Å². The fourth-order valence-corrected chi connectivity index (χ4v) is 6.65. The minimum atomic E-state index is -4.15. The number of para-hydroxylation sites is 1. The van der Waals surface area contributed by atoms with Crippen LogP contribution in [0.25, 0.3) is 0 Å². The maximum absolute atomic E-state index is 14.6. The fourth-order valence-electron chi connectivity index (χ4n) is 5.17. The van der Waals surface area contributed by atoms with Crippen LogP contribution in [0, 0.1) is 20.8 Å². The van der Waals surface area contributed by atoms with E-state index in [1.54, 1.807) is 36.4 Å². The van der Waals surface area contributed by atoms with Crippen molar-refractivity contribution in [2.75, 3.05) is 10.8 Å². The zero-order chi connectivity index (χ0) is 32.8. The van der Waals surface area contributed by atoms with Crippen molar-refractivity contribution in [1.82, 2.24) is 10.2 Å². The second-order valence-electron chi connectivity index (χ2n) is 12.5. The summed E-state index contributed by atoms with van der Waals surface area (Å²) in [5.74, 6) is -0.792. The Balaban J connectivity index is 1.84. The van der Waals surface area contributed by atoms with Gasteiger partial charge in [-0.05, 0) is 82.0 Å². The smallest absolute Gasteiger partial charge is 0.264 e. The molecule has 0 aliphatic carbocycles. The average molecular weight is 626 g/mol. The van der Waals surface area contributed by atoms with Crippen LogP contribution in [0.3, 0.4) is 0 Å². The first-order valence-corrected chi connectivity index (χ1v) is 16.6. The van der Waals surface area contributed by atoms with Crippen LogP contribution >= 0.6 is 0 Å². The lowest BCUT2D eigenvalue weighted by Gasteiger charge is -2.35. The number of aryl methyl sites for hydroxylation is 3. The molecular weight excluding hydrogens is 582 g/mol. The Morgan fingerprint density at radius 2 is 1.33 bits per heavy atom. The Labute approximate surface area is 268 Å². The third-order valence-electron chi connectivity index (χ3n) is 7.64. The van der Waals surface area contributed by atoms with Crippen LogP contribution in [0.5, 0.6) is 0 Å². The molecule has 0 spiro atoms. The van der Waals surface area contributed by atoms with Gasteiger partial charge in [-0.15, -0.1) is 0 Å². The van der Waals surface area contributed by atoms with Crippen molar-refractivity contribution >= 4 is 27.5 Å². The Hall–Kier alpha value is -4.43. The third-order valence-corrected chi connectivity index (χ3v) is 9.42. The highest BCUT2D eigenvalue weighted by molar-refractivity contribution is 7.92. The maximum Gasteiger partial charge on any atom is 0.264 e. The molecule has 0 saturated heterocycles. The molecule has 0 unspecified atom stereocenters. The predicted octanol–water partition coefficient (Wildman–Crippen LogP) is 6.36. The lowest BCUT2D eigenvalue weighted by atomic mass is 10.00. The molecule has 45 heavy (non-hydrogen) atoms. The van der Waals surface area contributed by atoms with Gasteiger partial charge >= 0.3 is 0 Å². The number of nitrogens with one attached hydrogen (secondary N) is 1. The second-order valence-corrected chi connectivity index (χ2v) is 14.4. The molecule has 0 bridgehead atoms. The van der Waals surface area contributed by atoms with Gasteiger partial charge in [-0.2, -0.15) is 0 Å². The lowest BCUT2D eigenvalue weighted by Crippen LogP contribution is -2.56. The minimum Gasteiger partial charge on any atom is -0.350 e. The van der Waals surface area contributed by atoms with Gasteiger partial charge in [-0.3, -0.25) is 13.9 Å². The molecule has 0 saturated carbocycles. The van der Waals surface area contributed by atoms with Crippen LogP contribution in [0.15, 0.2) is 108 Å². The van der Waals surface area contributed by atoms with E-state index in [0.717, 1.165) is 22.3 Å². The minimum absolute atomic E-state index is 0.0842. The molecule has 0 fully saturated rings. The molecule has 0 aliphatic rings. The average Bonchev–Trinajstić information content (AvgIpc) is 2.98. The molecule has 4 aromatic rings. The fraction of sp³-hybridized carbons (Fsp3) is 0.297. The Kier molecular flexibility index (Phi) is 10.5. The largest absolute Gasteiger partial charge is 0.350 e. The van der Waals surface area contributed by atoms with Crippen molar-refractivity contribution in [1.29, 1.82) is 0 Å². The number of carbonyl (C=O) groups excluding carboxylic acids is 2. The number of benzene rings is 4.